The highest BCUT2D eigenvalue weighted by molar-refractivity contribution is 5.96. The van der Waals surface area contributed by atoms with Crippen molar-refractivity contribution in [2.45, 2.75) is 52.0 Å². The van der Waals surface area contributed by atoms with E-state index in [9.17, 15) is 9.59 Å². The highest BCUT2D eigenvalue weighted by atomic mass is 16.5. The molecule has 0 unspecified atom stereocenters. The van der Waals surface area contributed by atoms with E-state index in [1.807, 2.05) is 13.8 Å². The van der Waals surface area contributed by atoms with Gasteiger partial charge < -0.3 is 14.9 Å². The van der Waals surface area contributed by atoms with Crippen molar-refractivity contribution in [1.82, 2.24) is 10.5 Å². The third kappa shape index (κ3) is 3.18. The first-order valence-electron chi connectivity index (χ1n) is 7.00. The average Bonchev–Trinajstić information content (AvgIpc) is 2.81. The van der Waals surface area contributed by atoms with Crippen LogP contribution in [0.2, 0.25) is 0 Å². The zero-order valence-electron chi connectivity index (χ0n) is 11.8. The second kappa shape index (κ2) is 6.07. The van der Waals surface area contributed by atoms with Crippen LogP contribution in [0.4, 0.5) is 0 Å². The predicted molar refractivity (Wildman–Crippen MR) is 71.5 cm³/mol. The summed E-state index contributed by atoms with van der Waals surface area (Å²) in [7, 11) is 0. The number of carboxylic acid groups (broad SMARTS) is 1. The predicted octanol–water partition coefficient (Wildman–Crippen LogP) is 1.78. The molecule has 6 heteroatoms. The number of hydrogen-bond donors (Lipinski definition) is 2. The molecule has 20 heavy (non-hydrogen) atoms. The van der Waals surface area contributed by atoms with Crippen molar-refractivity contribution in [1.29, 1.82) is 0 Å². The van der Waals surface area contributed by atoms with Crippen molar-refractivity contribution in [3.63, 3.8) is 0 Å². The van der Waals surface area contributed by atoms with Gasteiger partial charge in [-0.2, -0.15) is 0 Å². The Balaban J connectivity index is 2.10. The van der Waals surface area contributed by atoms with Crippen LogP contribution in [0, 0.1) is 5.92 Å². The van der Waals surface area contributed by atoms with Gasteiger partial charge in [-0.1, -0.05) is 19.0 Å². The van der Waals surface area contributed by atoms with Gasteiger partial charge in [0.05, 0.1) is 0 Å². The molecule has 0 bridgehead atoms. The Morgan fingerprint density at radius 2 is 2.05 bits per heavy atom. The van der Waals surface area contributed by atoms with Gasteiger partial charge in [0, 0.05) is 12.0 Å². The molecule has 0 spiro atoms. The zero-order valence-corrected chi connectivity index (χ0v) is 11.8. The summed E-state index contributed by atoms with van der Waals surface area (Å²) in [6.07, 6.45) is 3.99. The molecule has 0 fully saturated rings. The fourth-order valence-electron chi connectivity index (χ4n) is 2.48. The van der Waals surface area contributed by atoms with E-state index >= 15 is 0 Å². The van der Waals surface area contributed by atoms with E-state index in [4.69, 9.17) is 9.63 Å². The summed E-state index contributed by atoms with van der Waals surface area (Å²) in [5.74, 6) is -0.533. The monoisotopic (exact) mass is 280 g/mol. The molecule has 1 aliphatic rings. The molecule has 0 radical (unpaired) electrons. The van der Waals surface area contributed by atoms with Crippen LogP contribution in [0.5, 0.6) is 0 Å². The van der Waals surface area contributed by atoms with Gasteiger partial charge in [-0.3, -0.25) is 4.79 Å². The Morgan fingerprint density at radius 1 is 1.35 bits per heavy atom. The van der Waals surface area contributed by atoms with Crippen molar-refractivity contribution in [2.75, 3.05) is 0 Å². The molecule has 0 saturated carbocycles. The van der Waals surface area contributed by atoms with Gasteiger partial charge in [-0.05, 0) is 31.6 Å². The minimum atomic E-state index is -1.02. The number of nitrogens with one attached hydrogen (secondary N) is 1. The molecule has 2 N–H and O–H groups in total. The number of nitrogens with zero attached hydrogens (tertiary/aromatic N) is 1. The van der Waals surface area contributed by atoms with Gasteiger partial charge in [0.2, 0.25) is 0 Å². The lowest BCUT2D eigenvalue weighted by atomic mass is 9.96. The number of carbonyl (C=O) groups excluding carboxylic acids is 1. The first-order valence-corrected chi connectivity index (χ1v) is 7.00. The molecular formula is C14H20N2O4. The topological polar surface area (TPSA) is 92.4 Å². The summed E-state index contributed by atoms with van der Waals surface area (Å²) in [6.45, 7) is 3.83. The van der Waals surface area contributed by atoms with Crippen molar-refractivity contribution in [3.05, 3.63) is 17.0 Å². The minimum Gasteiger partial charge on any atom is -0.480 e. The van der Waals surface area contributed by atoms with E-state index in [0.717, 1.165) is 37.0 Å². The second-order valence-corrected chi connectivity index (χ2v) is 5.63. The van der Waals surface area contributed by atoms with Gasteiger partial charge in [0.1, 0.15) is 11.8 Å². The van der Waals surface area contributed by atoms with Crippen molar-refractivity contribution in [3.8, 4) is 0 Å². The lowest BCUT2D eigenvalue weighted by Gasteiger charge is -2.16. The SMILES string of the molecule is CC(C)C[C@H](NC(=O)c1noc2c1CCCC2)C(=O)O. The molecule has 110 valence electrons. The van der Waals surface area contributed by atoms with Crippen LogP contribution in [0.3, 0.4) is 0 Å². The highest BCUT2D eigenvalue weighted by Crippen LogP contribution is 2.24. The maximum Gasteiger partial charge on any atom is 0.326 e. The lowest BCUT2D eigenvalue weighted by molar-refractivity contribution is -0.139. The number of fused-ring (bicyclic) bond motifs is 1. The number of aromatic nitrogens is 1. The van der Waals surface area contributed by atoms with Gasteiger partial charge in [0.25, 0.3) is 5.91 Å². The van der Waals surface area contributed by atoms with Crippen molar-refractivity contribution in [2.24, 2.45) is 5.92 Å². The molecule has 1 amide bonds. The Hall–Kier alpha value is -1.85. The normalized spacial score (nSPS) is 15.8. The number of amides is 1. The summed E-state index contributed by atoms with van der Waals surface area (Å²) in [5, 5.41) is 15.5. The third-order valence-electron chi connectivity index (χ3n) is 3.48. The largest absolute Gasteiger partial charge is 0.480 e. The number of carbonyl (C=O) groups is 2. The molecule has 1 atom stereocenters. The molecule has 0 aromatic carbocycles. The Morgan fingerprint density at radius 3 is 2.70 bits per heavy atom. The summed E-state index contributed by atoms with van der Waals surface area (Å²) in [6, 6.07) is -0.890. The van der Waals surface area contributed by atoms with Crippen LogP contribution < -0.4 is 5.32 Å². The number of hydrogen-bond acceptors (Lipinski definition) is 4. The van der Waals surface area contributed by atoms with E-state index < -0.39 is 17.9 Å². The molecule has 1 aromatic heterocycles. The molecule has 0 saturated heterocycles. The molecule has 6 nitrogen and oxygen atoms in total. The first kappa shape index (κ1) is 14.6. The Bertz CT molecular complexity index is 507. The molecule has 0 aliphatic heterocycles. The standard InChI is InChI=1S/C14H20N2O4/c1-8(2)7-10(14(18)19)15-13(17)12-9-5-3-4-6-11(9)20-16-12/h8,10H,3-7H2,1-2H3,(H,15,17)(H,18,19)/t10-/m0/s1. The van der Waals surface area contributed by atoms with Crippen LogP contribution in [0.1, 0.15) is 54.9 Å². The van der Waals surface area contributed by atoms with Gasteiger partial charge in [-0.15, -0.1) is 0 Å². The van der Waals surface area contributed by atoms with Gasteiger partial charge in [0.15, 0.2) is 5.69 Å². The molecule has 2 rings (SSSR count). The van der Waals surface area contributed by atoms with Crippen LogP contribution in [-0.2, 0) is 17.6 Å². The fourth-order valence-corrected chi connectivity index (χ4v) is 2.48. The molecular weight excluding hydrogens is 260 g/mol. The number of aryl methyl sites for hydroxylation is 1. The first-order chi connectivity index (χ1) is 9.49. The van der Waals surface area contributed by atoms with Crippen LogP contribution in [-0.4, -0.2) is 28.2 Å². The summed E-state index contributed by atoms with van der Waals surface area (Å²) >= 11 is 0. The van der Waals surface area contributed by atoms with E-state index in [1.165, 1.54) is 0 Å². The van der Waals surface area contributed by atoms with E-state index in [0.29, 0.717) is 6.42 Å². The van der Waals surface area contributed by atoms with Crippen LogP contribution >= 0.6 is 0 Å². The van der Waals surface area contributed by atoms with Gasteiger partial charge >= 0.3 is 5.97 Å². The second-order valence-electron chi connectivity index (χ2n) is 5.63. The smallest absolute Gasteiger partial charge is 0.326 e. The van der Waals surface area contributed by atoms with E-state index in [-0.39, 0.29) is 11.6 Å². The third-order valence-corrected chi connectivity index (χ3v) is 3.48. The summed E-state index contributed by atoms with van der Waals surface area (Å²) in [5.41, 5.74) is 1.08. The maximum absolute atomic E-state index is 12.2. The molecule has 1 heterocycles. The Labute approximate surface area is 117 Å². The lowest BCUT2D eigenvalue weighted by Crippen LogP contribution is -2.42. The van der Waals surface area contributed by atoms with E-state index in [1.54, 1.807) is 0 Å². The zero-order chi connectivity index (χ0) is 14.7. The maximum atomic E-state index is 12.2. The average molecular weight is 280 g/mol. The molecule has 1 aromatic rings. The van der Waals surface area contributed by atoms with Crippen LogP contribution in [0.15, 0.2) is 4.52 Å². The molecule has 1 aliphatic carbocycles. The quantitative estimate of drug-likeness (QED) is 0.857. The summed E-state index contributed by atoms with van der Waals surface area (Å²) in [4.78, 5) is 23.3. The number of carboxylic acids is 1. The van der Waals surface area contributed by atoms with Crippen LogP contribution in [0.25, 0.3) is 0 Å². The van der Waals surface area contributed by atoms with Crippen molar-refractivity contribution >= 4 is 11.9 Å². The Kier molecular flexibility index (Phi) is 4.42. The summed E-state index contributed by atoms with van der Waals surface area (Å²) < 4.78 is 5.17. The van der Waals surface area contributed by atoms with Gasteiger partial charge in [-0.25, -0.2) is 4.79 Å². The fraction of sp³-hybridized carbons (Fsp3) is 0.643. The number of rotatable bonds is 5. The number of aliphatic carboxylic acids is 1. The van der Waals surface area contributed by atoms with Crippen molar-refractivity contribution < 1.29 is 19.2 Å². The highest BCUT2D eigenvalue weighted by Gasteiger charge is 2.27. The van der Waals surface area contributed by atoms with E-state index in [2.05, 4.69) is 10.5 Å². The minimum absolute atomic E-state index is 0.183.